The SMILES string of the molecule is CCc1cc(N2CCNC(C)C2)c[nH]c1=O. The third-order valence-electron chi connectivity index (χ3n) is 3.08. The molecule has 1 unspecified atom stereocenters. The van der Waals surface area contributed by atoms with Crippen molar-refractivity contribution in [1.29, 1.82) is 0 Å². The minimum absolute atomic E-state index is 0.0365. The highest BCUT2D eigenvalue weighted by Gasteiger charge is 2.16. The van der Waals surface area contributed by atoms with Gasteiger partial charge in [0.25, 0.3) is 5.56 Å². The van der Waals surface area contributed by atoms with Gasteiger partial charge in [0.05, 0.1) is 5.69 Å². The van der Waals surface area contributed by atoms with Gasteiger partial charge in [0, 0.05) is 37.4 Å². The van der Waals surface area contributed by atoms with Gasteiger partial charge < -0.3 is 15.2 Å². The van der Waals surface area contributed by atoms with Gasteiger partial charge in [-0.3, -0.25) is 4.79 Å². The quantitative estimate of drug-likeness (QED) is 0.774. The zero-order valence-electron chi connectivity index (χ0n) is 9.92. The number of piperazine rings is 1. The van der Waals surface area contributed by atoms with Crippen LogP contribution in [0.4, 0.5) is 5.69 Å². The molecular formula is C12H19N3O. The maximum absolute atomic E-state index is 11.5. The van der Waals surface area contributed by atoms with E-state index in [4.69, 9.17) is 0 Å². The van der Waals surface area contributed by atoms with Gasteiger partial charge in [0.15, 0.2) is 0 Å². The summed E-state index contributed by atoms with van der Waals surface area (Å²) in [6, 6.07) is 2.52. The van der Waals surface area contributed by atoms with Crippen LogP contribution in [0.5, 0.6) is 0 Å². The van der Waals surface area contributed by atoms with Crippen LogP contribution >= 0.6 is 0 Å². The van der Waals surface area contributed by atoms with E-state index in [1.165, 1.54) is 0 Å². The van der Waals surface area contributed by atoms with Crippen molar-refractivity contribution in [3.63, 3.8) is 0 Å². The molecule has 88 valence electrons. The molecule has 2 heterocycles. The molecule has 2 rings (SSSR count). The van der Waals surface area contributed by atoms with Crippen LogP contribution < -0.4 is 15.8 Å². The van der Waals surface area contributed by atoms with E-state index in [9.17, 15) is 4.79 Å². The zero-order valence-corrected chi connectivity index (χ0v) is 9.92. The molecule has 1 atom stereocenters. The van der Waals surface area contributed by atoms with E-state index in [-0.39, 0.29) is 5.56 Å². The van der Waals surface area contributed by atoms with Crippen molar-refractivity contribution in [2.45, 2.75) is 26.3 Å². The van der Waals surface area contributed by atoms with Gasteiger partial charge in [-0.1, -0.05) is 6.92 Å². The number of pyridine rings is 1. The van der Waals surface area contributed by atoms with Crippen molar-refractivity contribution < 1.29 is 0 Å². The topological polar surface area (TPSA) is 48.1 Å². The molecule has 1 aromatic heterocycles. The second-order valence-corrected chi connectivity index (χ2v) is 4.37. The lowest BCUT2D eigenvalue weighted by Crippen LogP contribution is -2.49. The number of nitrogens with zero attached hydrogens (tertiary/aromatic N) is 1. The number of aromatic amines is 1. The highest BCUT2D eigenvalue weighted by atomic mass is 16.1. The first-order chi connectivity index (χ1) is 7.70. The monoisotopic (exact) mass is 221 g/mol. The highest BCUT2D eigenvalue weighted by molar-refractivity contribution is 5.46. The van der Waals surface area contributed by atoms with Crippen LogP contribution in [0.2, 0.25) is 0 Å². The fraction of sp³-hybridized carbons (Fsp3) is 0.583. The Bertz CT molecular complexity index is 413. The van der Waals surface area contributed by atoms with E-state index in [0.29, 0.717) is 6.04 Å². The molecule has 4 nitrogen and oxygen atoms in total. The predicted octanol–water partition coefficient (Wildman–Crippen LogP) is 0.735. The second-order valence-electron chi connectivity index (χ2n) is 4.37. The number of hydrogen-bond acceptors (Lipinski definition) is 3. The Kier molecular flexibility index (Phi) is 3.29. The van der Waals surface area contributed by atoms with Crippen LogP contribution in [0.25, 0.3) is 0 Å². The summed E-state index contributed by atoms with van der Waals surface area (Å²) in [5.74, 6) is 0. The van der Waals surface area contributed by atoms with E-state index in [1.807, 2.05) is 19.2 Å². The summed E-state index contributed by atoms with van der Waals surface area (Å²) < 4.78 is 0. The van der Waals surface area contributed by atoms with Gasteiger partial charge in [-0.2, -0.15) is 0 Å². The van der Waals surface area contributed by atoms with Crippen LogP contribution in [0.1, 0.15) is 19.4 Å². The van der Waals surface area contributed by atoms with Gasteiger partial charge in [-0.25, -0.2) is 0 Å². The molecule has 1 fully saturated rings. The van der Waals surface area contributed by atoms with Crippen LogP contribution in [0.15, 0.2) is 17.1 Å². The van der Waals surface area contributed by atoms with E-state index < -0.39 is 0 Å². The van der Waals surface area contributed by atoms with E-state index in [0.717, 1.165) is 37.3 Å². The number of rotatable bonds is 2. The Morgan fingerprint density at radius 1 is 1.56 bits per heavy atom. The smallest absolute Gasteiger partial charge is 0.251 e. The Labute approximate surface area is 95.7 Å². The molecule has 1 aliphatic heterocycles. The first-order valence-corrected chi connectivity index (χ1v) is 5.90. The molecule has 1 saturated heterocycles. The summed E-state index contributed by atoms with van der Waals surface area (Å²) in [5, 5.41) is 3.41. The largest absolute Gasteiger partial charge is 0.368 e. The maximum atomic E-state index is 11.5. The minimum atomic E-state index is 0.0365. The van der Waals surface area contributed by atoms with Gasteiger partial charge in [-0.05, 0) is 19.4 Å². The van der Waals surface area contributed by atoms with Crippen LogP contribution in [0.3, 0.4) is 0 Å². The average Bonchev–Trinajstić information content (AvgIpc) is 2.29. The fourth-order valence-electron chi connectivity index (χ4n) is 2.13. The first-order valence-electron chi connectivity index (χ1n) is 5.90. The molecule has 0 spiro atoms. The van der Waals surface area contributed by atoms with Crippen LogP contribution in [0, 0.1) is 0 Å². The molecule has 16 heavy (non-hydrogen) atoms. The molecule has 0 bridgehead atoms. The van der Waals surface area contributed by atoms with Gasteiger partial charge in [-0.15, -0.1) is 0 Å². The van der Waals surface area contributed by atoms with Crippen molar-refractivity contribution in [1.82, 2.24) is 10.3 Å². The Morgan fingerprint density at radius 2 is 2.38 bits per heavy atom. The summed E-state index contributed by atoms with van der Waals surface area (Å²) in [5.41, 5.74) is 2.03. The van der Waals surface area contributed by atoms with Crippen molar-refractivity contribution in [3.8, 4) is 0 Å². The first kappa shape index (κ1) is 11.2. The third-order valence-corrected chi connectivity index (χ3v) is 3.08. The van der Waals surface area contributed by atoms with E-state index in [2.05, 4.69) is 22.1 Å². The Morgan fingerprint density at radius 3 is 3.06 bits per heavy atom. The summed E-state index contributed by atoms with van der Waals surface area (Å²) in [7, 11) is 0. The summed E-state index contributed by atoms with van der Waals surface area (Å²) >= 11 is 0. The number of anilines is 1. The predicted molar refractivity (Wildman–Crippen MR) is 66.1 cm³/mol. The standard InChI is InChI=1S/C12H19N3O/c1-3-10-6-11(7-14-12(10)16)15-5-4-13-9(2)8-15/h6-7,9,13H,3-5,8H2,1-2H3,(H,14,16). The van der Waals surface area contributed by atoms with Crippen molar-refractivity contribution >= 4 is 5.69 Å². The Balaban J connectivity index is 2.23. The molecule has 1 aliphatic rings. The number of nitrogens with one attached hydrogen (secondary N) is 2. The van der Waals surface area contributed by atoms with Crippen LogP contribution in [-0.4, -0.2) is 30.7 Å². The molecule has 0 aromatic carbocycles. The molecule has 4 heteroatoms. The van der Waals surface area contributed by atoms with Crippen molar-refractivity contribution in [3.05, 3.63) is 28.2 Å². The second kappa shape index (κ2) is 4.70. The molecule has 0 amide bonds. The summed E-state index contributed by atoms with van der Waals surface area (Å²) in [6.07, 6.45) is 2.60. The minimum Gasteiger partial charge on any atom is -0.368 e. The number of aryl methyl sites for hydroxylation is 1. The summed E-state index contributed by atoms with van der Waals surface area (Å²) in [4.78, 5) is 16.6. The van der Waals surface area contributed by atoms with E-state index in [1.54, 1.807) is 0 Å². The number of aromatic nitrogens is 1. The molecule has 2 N–H and O–H groups in total. The molecular weight excluding hydrogens is 202 g/mol. The van der Waals surface area contributed by atoms with Gasteiger partial charge in [0.2, 0.25) is 0 Å². The van der Waals surface area contributed by atoms with Crippen LogP contribution in [-0.2, 0) is 6.42 Å². The lowest BCUT2D eigenvalue weighted by atomic mass is 10.1. The number of H-pyrrole nitrogens is 1. The molecule has 0 saturated carbocycles. The van der Waals surface area contributed by atoms with Gasteiger partial charge >= 0.3 is 0 Å². The fourth-order valence-corrected chi connectivity index (χ4v) is 2.13. The van der Waals surface area contributed by atoms with Gasteiger partial charge in [0.1, 0.15) is 0 Å². The highest BCUT2D eigenvalue weighted by Crippen LogP contribution is 2.14. The van der Waals surface area contributed by atoms with E-state index >= 15 is 0 Å². The van der Waals surface area contributed by atoms with Crippen molar-refractivity contribution in [2.75, 3.05) is 24.5 Å². The lowest BCUT2D eigenvalue weighted by Gasteiger charge is -2.33. The molecule has 0 aliphatic carbocycles. The Hall–Kier alpha value is -1.29. The molecule has 1 aromatic rings. The number of hydrogen-bond donors (Lipinski definition) is 2. The third kappa shape index (κ3) is 2.27. The lowest BCUT2D eigenvalue weighted by molar-refractivity contribution is 0.484. The summed E-state index contributed by atoms with van der Waals surface area (Å²) in [6.45, 7) is 7.18. The maximum Gasteiger partial charge on any atom is 0.251 e. The average molecular weight is 221 g/mol. The van der Waals surface area contributed by atoms with Crippen molar-refractivity contribution in [2.24, 2.45) is 0 Å². The molecule has 0 radical (unpaired) electrons. The zero-order chi connectivity index (χ0) is 11.5. The normalized spacial score (nSPS) is 21.1.